The topological polar surface area (TPSA) is 24.4 Å². The van der Waals surface area contributed by atoms with Crippen molar-refractivity contribution >= 4 is 29.4 Å². The molecule has 0 aliphatic heterocycles. The summed E-state index contributed by atoms with van der Waals surface area (Å²) in [6, 6.07) is 15.2. The number of nitrogens with one attached hydrogen (secondary N) is 1. The minimum absolute atomic E-state index is 0.651. The first-order chi connectivity index (χ1) is 8.75. The summed E-state index contributed by atoms with van der Waals surface area (Å²) >= 11 is 11.8. The molecule has 4 heteroatoms. The lowest BCUT2D eigenvalue weighted by atomic mass is 10.2. The maximum Gasteiger partial charge on any atom is 0.0580 e. The standard InChI is InChI=1S/C14H12Cl2N2/c15-13-7-5-11(6-8-13)9-17-18-10-12-3-1-2-4-14(12)16/h1-8,10,17H,9H2/b18-10-. The molecule has 0 atom stereocenters. The maximum absolute atomic E-state index is 6.00. The molecule has 0 saturated heterocycles. The first kappa shape index (κ1) is 12.9. The van der Waals surface area contributed by atoms with Crippen molar-refractivity contribution in [2.24, 2.45) is 5.10 Å². The summed E-state index contributed by atoms with van der Waals surface area (Å²) in [5.41, 5.74) is 4.98. The van der Waals surface area contributed by atoms with Crippen molar-refractivity contribution < 1.29 is 0 Å². The van der Waals surface area contributed by atoms with Crippen LogP contribution in [-0.4, -0.2) is 6.21 Å². The minimum Gasteiger partial charge on any atom is -0.306 e. The lowest BCUT2D eigenvalue weighted by Gasteiger charge is -2.01. The Bertz CT molecular complexity index is 536. The lowest BCUT2D eigenvalue weighted by molar-refractivity contribution is 0.748. The number of hydrazone groups is 1. The molecule has 0 aliphatic rings. The summed E-state index contributed by atoms with van der Waals surface area (Å²) in [5, 5.41) is 5.55. The van der Waals surface area contributed by atoms with E-state index in [-0.39, 0.29) is 0 Å². The highest BCUT2D eigenvalue weighted by atomic mass is 35.5. The molecule has 0 radical (unpaired) electrons. The highest BCUT2D eigenvalue weighted by molar-refractivity contribution is 6.33. The molecule has 2 aromatic carbocycles. The predicted molar refractivity (Wildman–Crippen MR) is 77.3 cm³/mol. The fourth-order valence-corrected chi connectivity index (χ4v) is 1.74. The summed E-state index contributed by atoms with van der Waals surface area (Å²) in [7, 11) is 0. The van der Waals surface area contributed by atoms with Crippen molar-refractivity contribution in [3.8, 4) is 0 Å². The zero-order chi connectivity index (χ0) is 12.8. The van der Waals surface area contributed by atoms with Gasteiger partial charge in [-0.25, -0.2) is 0 Å². The van der Waals surface area contributed by atoms with Crippen LogP contribution in [0, 0.1) is 0 Å². The maximum atomic E-state index is 6.00. The van der Waals surface area contributed by atoms with E-state index in [1.54, 1.807) is 6.21 Å². The fourth-order valence-electron chi connectivity index (χ4n) is 1.43. The molecule has 0 aromatic heterocycles. The molecular weight excluding hydrogens is 267 g/mol. The van der Waals surface area contributed by atoms with E-state index in [1.165, 1.54) is 0 Å². The summed E-state index contributed by atoms with van der Waals surface area (Å²) < 4.78 is 0. The van der Waals surface area contributed by atoms with Gasteiger partial charge in [-0.3, -0.25) is 0 Å². The van der Waals surface area contributed by atoms with Crippen LogP contribution in [-0.2, 0) is 6.54 Å². The molecule has 0 unspecified atom stereocenters. The molecular formula is C14H12Cl2N2. The van der Waals surface area contributed by atoms with Crippen molar-refractivity contribution in [3.63, 3.8) is 0 Å². The van der Waals surface area contributed by atoms with E-state index in [2.05, 4.69) is 10.5 Å². The van der Waals surface area contributed by atoms with Crippen molar-refractivity contribution in [1.82, 2.24) is 5.43 Å². The molecule has 0 heterocycles. The van der Waals surface area contributed by atoms with Crippen molar-refractivity contribution in [2.75, 3.05) is 0 Å². The second kappa shape index (κ2) is 6.43. The third-order valence-electron chi connectivity index (χ3n) is 2.40. The van der Waals surface area contributed by atoms with E-state index in [0.29, 0.717) is 11.6 Å². The molecule has 2 rings (SSSR count). The first-order valence-electron chi connectivity index (χ1n) is 5.50. The predicted octanol–water partition coefficient (Wildman–Crippen LogP) is 4.12. The molecule has 2 nitrogen and oxygen atoms in total. The van der Waals surface area contributed by atoms with Gasteiger partial charge in [-0.1, -0.05) is 53.5 Å². The Kier molecular flexibility index (Phi) is 4.62. The number of nitrogens with zero attached hydrogens (tertiary/aromatic N) is 1. The van der Waals surface area contributed by atoms with Gasteiger partial charge in [-0.15, -0.1) is 0 Å². The second-order valence-corrected chi connectivity index (χ2v) is 4.58. The second-order valence-electron chi connectivity index (χ2n) is 3.74. The summed E-state index contributed by atoms with van der Waals surface area (Å²) in [4.78, 5) is 0. The van der Waals surface area contributed by atoms with E-state index in [1.807, 2.05) is 48.5 Å². The average molecular weight is 279 g/mol. The van der Waals surface area contributed by atoms with E-state index >= 15 is 0 Å². The van der Waals surface area contributed by atoms with Gasteiger partial charge in [0.2, 0.25) is 0 Å². The van der Waals surface area contributed by atoms with Gasteiger partial charge >= 0.3 is 0 Å². The molecule has 1 N–H and O–H groups in total. The Morgan fingerprint density at radius 1 is 1.00 bits per heavy atom. The van der Waals surface area contributed by atoms with Crippen LogP contribution < -0.4 is 5.43 Å². The molecule has 0 amide bonds. The van der Waals surface area contributed by atoms with Gasteiger partial charge < -0.3 is 5.43 Å². The third kappa shape index (κ3) is 3.76. The Balaban J connectivity index is 1.89. The van der Waals surface area contributed by atoms with E-state index in [0.717, 1.165) is 16.1 Å². The summed E-state index contributed by atoms with van der Waals surface area (Å²) in [6.45, 7) is 0.651. The van der Waals surface area contributed by atoms with Gasteiger partial charge in [0.05, 0.1) is 12.8 Å². The fraction of sp³-hybridized carbons (Fsp3) is 0.0714. The highest BCUT2D eigenvalue weighted by Gasteiger charge is 1.94. The van der Waals surface area contributed by atoms with Crippen LogP contribution in [0.1, 0.15) is 11.1 Å². The van der Waals surface area contributed by atoms with Crippen LogP contribution in [0.25, 0.3) is 0 Å². The van der Waals surface area contributed by atoms with E-state index in [4.69, 9.17) is 23.2 Å². The van der Waals surface area contributed by atoms with Crippen LogP contribution in [0.4, 0.5) is 0 Å². The highest BCUT2D eigenvalue weighted by Crippen LogP contribution is 2.12. The smallest absolute Gasteiger partial charge is 0.0580 e. The Labute approximate surface area is 116 Å². The Morgan fingerprint density at radius 2 is 1.72 bits per heavy atom. The van der Waals surface area contributed by atoms with Crippen molar-refractivity contribution in [3.05, 3.63) is 69.7 Å². The number of hydrogen-bond acceptors (Lipinski definition) is 2. The largest absolute Gasteiger partial charge is 0.306 e. The van der Waals surface area contributed by atoms with Crippen LogP contribution >= 0.6 is 23.2 Å². The molecule has 18 heavy (non-hydrogen) atoms. The lowest BCUT2D eigenvalue weighted by Crippen LogP contribution is -2.05. The van der Waals surface area contributed by atoms with Crippen LogP contribution in [0.5, 0.6) is 0 Å². The molecule has 0 bridgehead atoms. The van der Waals surface area contributed by atoms with Crippen LogP contribution in [0.2, 0.25) is 10.0 Å². The van der Waals surface area contributed by atoms with Gasteiger partial charge in [0.1, 0.15) is 0 Å². The molecule has 0 fully saturated rings. The monoisotopic (exact) mass is 278 g/mol. The summed E-state index contributed by atoms with van der Waals surface area (Å²) in [5.74, 6) is 0. The van der Waals surface area contributed by atoms with Gasteiger partial charge in [0.15, 0.2) is 0 Å². The Hall–Kier alpha value is -1.51. The van der Waals surface area contributed by atoms with Crippen LogP contribution in [0.3, 0.4) is 0 Å². The average Bonchev–Trinajstić information content (AvgIpc) is 2.39. The minimum atomic E-state index is 0.651. The molecule has 0 spiro atoms. The normalized spacial score (nSPS) is 10.8. The van der Waals surface area contributed by atoms with Gasteiger partial charge in [-0.05, 0) is 23.8 Å². The SMILES string of the molecule is Clc1ccc(CN/N=C\c2ccccc2Cl)cc1. The molecule has 0 aliphatic carbocycles. The summed E-state index contributed by atoms with van der Waals surface area (Å²) in [6.07, 6.45) is 1.71. The zero-order valence-corrected chi connectivity index (χ0v) is 11.1. The van der Waals surface area contributed by atoms with Gasteiger partial charge in [-0.2, -0.15) is 5.10 Å². The van der Waals surface area contributed by atoms with Crippen molar-refractivity contribution in [2.45, 2.75) is 6.54 Å². The van der Waals surface area contributed by atoms with E-state index < -0.39 is 0 Å². The number of halogens is 2. The van der Waals surface area contributed by atoms with Gasteiger partial charge in [0, 0.05) is 15.6 Å². The van der Waals surface area contributed by atoms with Crippen LogP contribution in [0.15, 0.2) is 53.6 Å². The van der Waals surface area contributed by atoms with Gasteiger partial charge in [0.25, 0.3) is 0 Å². The Morgan fingerprint density at radius 3 is 2.44 bits per heavy atom. The van der Waals surface area contributed by atoms with E-state index in [9.17, 15) is 0 Å². The number of benzene rings is 2. The zero-order valence-electron chi connectivity index (χ0n) is 9.61. The molecule has 0 saturated carbocycles. The molecule has 2 aromatic rings. The van der Waals surface area contributed by atoms with Crippen molar-refractivity contribution in [1.29, 1.82) is 0 Å². The first-order valence-corrected chi connectivity index (χ1v) is 6.26. The molecule has 92 valence electrons. The number of rotatable bonds is 4. The number of hydrogen-bond donors (Lipinski definition) is 1. The third-order valence-corrected chi connectivity index (χ3v) is 2.99. The quantitative estimate of drug-likeness (QED) is 0.660.